The SMILES string of the molecule is CCNC(c1cc(F)cc(F)c1)C1CCC(CC)CC1. The van der Waals surface area contributed by atoms with Gasteiger partial charge >= 0.3 is 0 Å². The molecule has 0 spiro atoms. The van der Waals surface area contributed by atoms with Gasteiger partial charge in [-0.3, -0.25) is 0 Å². The van der Waals surface area contributed by atoms with Crippen molar-refractivity contribution in [2.45, 2.75) is 52.0 Å². The largest absolute Gasteiger partial charge is 0.310 e. The van der Waals surface area contributed by atoms with Crippen molar-refractivity contribution in [3.8, 4) is 0 Å². The smallest absolute Gasteiger partial charge is 0.126 e. The van der Waals surface area contributed by atoms with Crippen LogP contribution in [0.25, 0.3) is 0 Å². The first-order chi connectivity index (χ1) is 9.63. The van der Waals surface area contributed by atoms with E-state index in [2.05, 4.69) is 12.2 Å². The van der Waals surface area contributed by atoms with Crippen LogP contribution in [0.3, 0.4) is 0 Å². The van der Waals surface area contributed by atoms with Crippen LogP contribution < -0.4 is 5.32 Å². The first-order valence-corrected chi connectivity index (χ1v) is 7.83. The van der Waals surface area contributed by atoms with Crippen LogP contribution >= 0.6 is 0 Å². The number of nitrogens with one attached hydrogen (secondary N) is 1. The van der Waals surface area contributed by atoms with Crippen molar-refractivity contribution in [3.63, 3.8) is 0 Å². The van der Waals surface area contributed by atoms with E-state index in [1.807, 2.05) is 6.92 Å². The van der Waals surface area contributed by atoms with E-state index in [0.29, 0.717) is 5.92 Å². The van der Waals surface area contributed by atoms with Crippen molar-refractivity contribution < 1.29 is 8.78 Å². The molecule has 1 unspecified atom stereocenters. The lowest BCUT2D eigenvalue weighted by Gasteiger charge is -2.34. The lowest BCUT2D eigenvalue weighted by Crippen LogP contribution is -2.31. The molecule has 1 N–H and O–H groups in total. The normalized spacial score (nSPS) is 24.6. The maximum absolute atomic E-state index is 13.4. The summed E-state index contributed by atoms with van der Waals surface area (Å²) in [6, 6.07) is 3.97. The van der Waals surface area contributed by atoms with Crippen molar-refractivity contribution in [2.75, 3.05) is 6.54 Å². The number of rotatable bonds is 5. The minimum atomic E-state index is -0.481. The van der Waals surface area contributed by atoms with Crippen molar-refractivity contribution in [2.24, 2.45) is 11.8 Å². The zero-order valence-electron chi connectivity index (χ0n) is 12.5. The Labute approximate surface area is 120 Å². The number of hydrogen-bond acceptors (Lipinski definition) is 1. The fraction of sp³-hybridized carbons (Fsp3) is 0.647. The second kappa shape index (κ2) is 7.16. The quantitative estimate of drug-likeness (QED) is 0.815. The summed E-state index contributed by atoms with van der Waals surface area (Å²) in [5.74, 6) is 0.354. The van der Waals surface area contributed by atoms with Gasteiger partial charge in [0.2, 0.25) is 0 Å². The molecule has 20 heavy (non-hydrogen) atoms. The second-order valence-electron chi connectivity index (χ2n) is 5.93. The molecule has 0 saturated heterocycles. The molecule has 1 aromatic carbocycles. The fourth-order valence-corrected chi connectivity index (χ4v) is 3.46. The van der Waals surface area contributed by atoms with Gasteiger partial charge in [-0.15, -0.1) is 0 Å². The molecule has 0 radical (unpaired) electrons. The Bertz CT molecular complexity index is 405. The predicted molar refractivity (Wildman–Crippen MR) is 78.5 cm³/mol. The molecule has 0 aliphatic heterocycles. The summed E-state index contributed by atoms with van der Waals surface area (Å²) in [4.78, 5) is 0. The highest BCUT2D eigenvalue weighted by atomic mass is 19.1. The maximum atomic E-state index is 13.4. The fourth-order valence-electron chi connectivity index (χ4n) is 3.46. The van der Waals surface area contributed by atoms with Gasteiger partial charge in [-0.1, -0.05) is 33.1 Å². The van der Waals surface area contributed by atoms with E-state index in [4.69, 9.17) is 0 Å². The molecular formula is C17H25F2N. The van der Waals surface area contributed by atoms with Gasteiger partial charge < -0.3 is 5.32 Å². The number of benzene rings is 1. The minimum Gasteiger partial charge on any atom is -0.310 e. The van der Waals surface area contributed by atoms with Crippen LogP contribution in [0.4, 0.5) is 8.78 Å². The molecule has 1 atom stereocenters. The Morgan fingerprint density at radius 2 is 1.65 bits per heavy atom. The molecule has 2 rings (SSSR count). The second-order valence-corrected chi connectivity index (χ2v) is 5.93. The van der Waals surface area contributed by atoms with Gasteiger partial charge in [0.15, 0.2) is 0 Å². The van der Waals surface area contributed by atoms with Crippen LogP contribution in [0.5, 0.6) is 0 Å². The zero-order chi connectivity index (χ0) is 14.5. The van der Waals surface area contributed by atoms with Crippen LogP contribution in [0, 0.1) is 23.5 Å². The van der Waals surface area contributed by atoms with E-state index in [9.17, 15) is 8.78 Å². The molecule has 0 aromatic heterocycles. The van der Waals surface area contributed by atoms with E-state index < -0.39 is 11.6 Å². The van der Waals surface area contributed by atoms with E-state index in [1.165, 1.54) is 31.4 Å². The van der Waals surface area contributed by atoms with Crippen LogP contribution in [-0.2, 0) is 0 Å². The molecular weight excluding hydrogens is 256 g/mol. The molecule has 112 valence electrons. The summed E-state index contributed by atoms with van der Waals surface area (Å²) in [5, 5.41) is 3.42. The number of halogens is 2. The van der Waals surface area contributed by atoms with Gasteiger partial charge in [0, 0.05) is 12.1 Å². The lowest BCUT2D eigenvalue weighted by molar-refractivity contribution is 0.219. The molecule has 0 bridgehead atoms. The Hall–Kier alpha value is -0.960. The van der Waals surface area contributed by atoms with Gasteiger partial charge in [-0.2, -0.15) is 0 Å². The molecule has 3 heteroatoms. The van der Waals surface area contributed by atoms with E-state index in [1.54, 1.807) is 0 Å². The average molecular weight is 281 g/mol. The Morgan fingerprint density at radius 3 is 2.15 bits per heavy atom. The summed E-state index contributed by atoms with van der Waals surface area (Å²) in [6.45, 7) is 5.10. The first-order valence-electron chi connectivity index (χ1n) is 7.83. The lowest BCUT2D eigenvalue weighted by atomic mass is 9.76. The topological polar surface area (TPSA) is 12.0 Å². The standard InChI is InChI=1S/C17H25F2N/c1-3-12-5-7-13(8-6-12)17(20-4-2)14-9-15(18)11-16(19)10-14/h9-13,17,20H,3-8H2,1-2H3. The summed E-state index contributed by atoms with van der Waals surface area (Å²) in [6.07, 6.45) is 6.01. The summed E-state index contributed by atoms with van der Waals surface area (Å²) >= 11 is 0. The van der Waals surface area contributed by atoms with E-state index >= 15 is 0 Å². The molecule has 1 aliphatic carbocycles. The Kier molecular flexibility index (Phi) is 5.53. The third-order valence-corrected chi connectivity index (χ3v) is 4.61. The van der Waals surface area contributed by atoms with Crippen LogP contribution in [-0.4, -0.2) is 6.54 Å². The summed E-state index contributed by atoms with van der Waals surface area (Å²) in [5.41, 5.74) is 0.754. The van der Waals surface area contributed by atoms with Crippen LogP contribution in [0.15, 0.2) is 18.2 Å². The third-order valence-electron chi connectivity index (χ3n) is 4.61. The van der Waals surface area contributed by atoms with Crippen molar-refractivity contribution in [3.05, 3.63) is 35.4 Å². The highest BCUT2D eigenvalue weighted by Gasteiger charge is 2.28. The summed E-state index contributed by atoms with van der Waals surface area (Å²) in [7, 11) is 0. The van der Waals surface area contributed by atoms with Gasteiger partial charge in [-0.25, -0.2) is 8.78 Å². The highest BCUT2D eigenvalue weighted by molar-refractivity contribution is 5.22. The molecule has 0 heterocycles. The van der Waals surface area contributed by atoms with E-state index in [-0.39, 0.29) is 6.04 Å². The third kappa shape index (κ3) is 3.78. The van der Waals surface area contributed by atoms with Crippen LogP contribution in [0.2, 0.25) is 0 Å². The molecule has 1 saturated carbocycles. The monoisotopic (exact) mass is 281 g/mol. The van der Waals surface area contributed by atoms with Crippen molar-refractivity contribution in [1.29, 1.82) is 0 Å². The van der Waals surface area contributed by atoms with Gasteiger partial charge in [0.05, 0.1) is 0 Å². The first kappa shape index (κ1) is 15.4. The minimum absolute atomic E-state index is 0.0722. The van der Waals surface area contributed by atoms with Crippen molar-refractivity contribution in [1.82, 2.24) is 5.32 Å². The van der Waals surface area contributed by atoms with E-state index in [0.717, 1.165) is 36.9 Å². The Balaban J connectivity index is 2.14. The van der Waals surface area contributed by atoms with Gasteiger partial charge in [0.25, 0.3) is 0 Å². The number of hydrogen-bond donors (Lipinski definition) is 1. The maximum Gasteiger partial charge on any atom is 0.126 e. The summed E-state index contributed by atoms with van der Waals surface area (Å²) < 4.78 is 26.9. The van der Waals surface area contributed by atoms with Gasteiger partial charge in [0.1, 0.15) is 11.6 Å². The zero-order valence-corrected chi connectivity index (χ0v) is 12.5. The van der Waals surface area contributed by atoms with Crippen molar-refractivity contribution >= 4 is 0 Å². The van der Waals surface area contributed by atoms with Gasteiger partial charge in [-0.05, 0) is 48.9 Å². The molecule has 0 amide bonds. The molecule has 1 aromatic rings. The average Bonchev–Trinajstić information content (AvgIpc) is 2.44. The Morgan fingerprint density at radius 1 is 1.05 bits per heavy atom. The van der Waals surface area contributed by atoms with Crippen LogP contribution in [0.1, 0.15) is 57.6 Å². The molecule has 1 aliphatic rings. The molecule has 1 nitrogen and oxygen atoms in total. The molecule has 1 fully saturated rings. The predicted octanol–water partition coefficient (Wildman–Crippen LogP) is 4.83. The highest BCUT2D eigenvalue weighted by Crippen LogP contribution is 2.38.